The molecular weight excluding hydrogens is 444 g/mol. The van der Waals surface area contributed by atoms with Gasteiger partial charge in [-0.15, -0.1) is 16.8 Å². The monoisotopic (exact) mass is 470 g/mol. The van der Waals surface area contributed by atoms with Gasteiger partial charge in [-0.1, -0.05) is 78.0 Å². The van der Waals surface area contributed by atoms with E-state index in [4.69, 9.17) is 4.74 Å². The summed E-state index contributed by atoms with van der Waals surface area (Å²) >= 11 is 1.35. The first-order chi connectivity index (χ1) is 16.6. The Morgan fingerprint density at radius 2 is 1.76 bits per heavy atom. The Bertz CT molecular complexity index is 1240. The van der Waals surface area contributed by atoms with E-state index in [1.54, 1.807) is 6.08 Å². The molecule has 0 saturated heterocycles. The molecule has 0 aliphatic carbocycles. The van der Waals surface area contributed by atoms with Crippen LogP contribution in [0.4, 0.5) is 5.69 Å². The summed E-state index contributed by atoms with van der Waals surface area (Å²) in [4.78, 5) is 12.5. The van der Waals surface area contributed by atoms with Crippen LogP contribution in [0, 0.1) is 6.92 Å². The van der Waals surface area contributed by atoms with Crippen molar-refractivity contribution in [2.24, 2.45) is 0 Å². The van der Waals surface area contributed by atoms with Crippen molar-refractivity contribution in [2.45, 2.75) is 25.2 Å². The van der Waals surface area contributed by atoms with Crippen molar-refractivity contribution in [1.29, 1.82) is 0 Å². The average Bonchev–Trinajstić information content (AvgIpc) is 3.26. The topological polar surface area (TPSA) is 69.0 Å². The van der Waals surface area contributed by atoms with E-state index in [2.05, 4.69) is 22.1 Å². The SMILES string of the molecule is C=CCn1c(SCC(=O)Nc2ccc(OCc3ccccc3)cc2)nnc1-c1ccc(C)cc1. The summed E-state index contributed by atoms with van der Waals surface area (Å²) < 4.78 is 7.76. The van der Waals surface area contributed by atoms with Crippen LogP contribution in [-0.2, 0) is 17.9 Å². The maximum absolute atomic E-state index is 12.5. The lowest BCUT2D eigenvalue weighted by Crippen LogP contribution is -2.14. The van der Waals surface area contributed by atoms with Gasteiger partial charge in [-0.2, -0.15) is 0 Å². The number of allylic oxidation sites excluding steroid dienone is 1. The molecule has 6 nitrogen and oxygen atoms in total. The van der Waals surface area contributed by atoms with Crippen LogP contribution < -0.4 is 10.1 Å². The molecule has 172 valence electrons. The van der Waals surface area contributed by atoms with E-state index < -0.39 is 0 Å². The number of rotatable bonds is 10. The molecule has 7 heteroatoms. The highest BCUT2D eigenvalue weighted by molar-refractivity contribution is 7.99. The Kier molecular flexibility index (Phi) is 7.78. The van der Waals surface area contributed by atoms with Crippen molar-refractivity contribution in [2.75, 3.05) is 11.1 Å². The van der Waals surface area contributed by atoms with Crippen LogP contribution >= 0.6 is 11.8 Å². The van der Waals surface area contributed by atoms with Gasteiger partial charge in [0.25, 0.3) is 0 Å². The fourth-order valence-corrected chi connectivity index (χ4v) is 4.06. The summed E-state index contributed by atoms with van der Waals surface area (Å²) in [5.74, 6) is 1.61. The predicted octanol–water partition coefficient (Wildman–Crippen LogP) is 5.75. The van der Waals surface area contributed by atoms with Crippen molar-refractivity contribution in [3.8, 4) is 17.1 Å². The number of thioether (sulfide) groups is 1. The van der Waals surface area contributed by atoms with Gasteiger partial charge in [0.05, 0.1) is 5.75 Å². The maximum atomic E-state index is 12.5. The summed E-state index contributed by atoms with van der Waals surface area (Å²) in [5, 5.41) is 12.2. The van der Waals surface area contributed by atoms with Gasteiger partial charge in [0.15, 0.2) is 11.0 Å². The minimum Gasteiger partial charge on any atom is -0.489 e. The van der Waals surface area contributed by atoms with E-state index in [0.29, 0.717) is 24.0 Å². The lowest BCUT2D eigenvalue weighted by molar-refractivity contribution is -0.113. The second-order valence-electron chi connectivity index (χ2n) is 7.71. The largest absolute Gasteiger partial charge is 0.489 e. The molecule has 3 aromatic carbocycles. The summed E-state index contributed by atoms with van der Waals surface area (Å²) in [5.41, 5.74) is 3.98. The number of ether oxygens (including phenoxy) is 1. The zero-order valence-corrected chi connectivity index (χ0v) is 19.8. The quantitative estimate of drug-likeness (QED) is 0.236. The van der Waals surface area contributed by atoms with E-state index in [-0.39, 0.29) is 11.7 Å². The molecule has 34 heavy (non-hydrogen) atoms. The fourth-order valence-electron chi connectivity index (χ4n) is 3.31. The molecule has 4 rings (SSSR count). The number of amides is 1. The van der Waals surface area contributed by atoms with E-state index in [1.165, 1.54) is 17.3 Å². The number of nitrogens with zero attached hydrogens (tertiary/aromatic N) is 3. The third-order valence-electron chi connectivity index (χ3n) is 5.06. The standard InChI is InChI=1S/C27H26N4O2S/c1-3-17-31-26(22-11-9-20(2)10-12-22)29-30-27(31)34-19-25(32)28-23-13-15-24(16-14-23)33-18-21-7-5-4-6-8-21/h3-16H,1,17-19H2,2H3,(H,28,32). The molecule has 1 amide bonds. The van der Waals surface area contributed by atoms with Gasteiger partial charge in [-0.3, -0.25) is 9.36 Å². The highest BCUT2D eigenvalue weighted by Crippen LogP contribution is 2.25. The van der Waals surface area contributed by atoms with Gasteiger partial charge < -0.3 is 10.1 Å². The molecule has 0 radical (unpaired) electrons. The Balaban J connectivity index is 1.33. The van der Waals surface area contributed by atoms with Crippen LogP contribution in [0.15, 0.2) is 96.7 Å². The third-order valence-corrected chi connectivity index (χ3v) is 6.02. The molecule has 1 N–H and O–H groups in total. The summed E-state index contributed by atoms with van der Waals surface area (Å²) in [6.07, 6.45) is 1.80. The fraction of sp³-hybridized carbons (Fsp3) is 0.148. The highest BCUT2D eigenvalue weighted by atomic mass is 32.2. The van der Waals surface area contributed by atoms with Gasteiger partial charge >= 0.3 is 0 Å². The van der Waals surface area contributed by atoms with Crippen LogP contribution in [0.2, 0.25) is 0 Å². The van der Waals surface area contributed by atoms with Crippen molar-refractivity contribution in [1.82, 2.24) is 14.8 Å². The van der Waals surface area contributed by atoms with Gasteiger partial charge in [-0.05, 0) is 36.8 Å². The number of carbonyl (C=O) groups excluding carboxylic acids is 1. The minimum atomic E-state index is -0.118. The molecule has 0 fully saturated rings. The summed E-state index contributed by atoms with van der Waals surface area (Å²) in [6.45, 7) is 6.94. The molecule has 1 aromatic heterocycles. The van der Waals surface area contributed by atoms with Crippen molar-refractivity contribution in [3.63, 3.8) is 0 Å². The number of benzene rings is 3. The molecule has 1 heterocycles. The molecule has 0 aliphatic rings. The lowest BCUT2D eigenvalue weighted by Gasteiger charge is -2.09. The summed E-state index contributed by atoms with van der Waals surface area (Å²) in [6, 6.07) is 25.5. The number of carbonyl (C=O) groups is 1. The molecule has 0 atom stereocenters. The van der Waals surface area contributed by atoms with Gasteiger partial charge in [0, 0.05) is 17.8 Å². The van der Waals surface area contributed by atoms with E-state index >= 15 is 0 Å². The zero-order chi connectivity index (χ0) is 23.8. The van der Waals surface area contributed by atoms with E-state index in [9.17, 15) is 4.79 Å². The number of hydrogen-bond acceptors (Lipinski definition) is 5. The predicted molar refractivity (Wildman–Crippen MR) is 137 cm³/mol. The number of anilines is 1. The van der Waals surface area contributed by atoms with Crippen LogP contribution in [0.5, 0.6) is 5.75 Å². The first-order valence-electron chi connectivity index (χ1n) is 10.9. The number of aromatic nitrogens is 3. The normalized spacial score (nSPS) is 10.6. The second-order valence-corrected chi connectivity index (χ2v) is 8.65. The Morgan fingerprint density at radius 1 is 1.03 bits per heavy atom. The number of hydrogen-bond donors (Lipinski definition) is 1. The number of nitrogens with one attached hydrogen (secondary N) is 1. The second kappa shape index (κ2) is 11.3. The smallest absolute Gasteiger partial charge is 0.234 e. The van der Waals surface area contributed by atoms with Gasteiger partial charge in [-0.25, -0.2) is 0 Å². The van der Waals surface area contributed by atoms with E-state index in [0.717, 1.165) is 22.7 Å². The van der Waals surface area contributed by atoms with Crippen molar-refractivity contribution < 1.29 is 9.53 Å². The molecule has 0 aliphatic heterocycles. The third kappa shape index (κ3) is 6.14. The minimum absolute atomic E-state index is 0.118. The lowest BCUT2D eigenvalue weighted by atomic mass is 10.1. The molecule has 0 bridgehead atoms. The van der Waals surface area contributed by atoms with Crippen LogP contribution in [0.25, 0.3) is 11.4 Å². The Labute approximate surface area is 203 Å². The van der Waals surface area contributed by atoms with Crippen molar-refractivity contribution in [3.05, 3.63) is 103 Å². The molecule has 0 saturated carbocycles. The first kappa shape index (κ1) is 23.3. The Morgan fingerprint density at radius 3 is 2.47 bits per heavy atom. The van der Waals surface area contributed by atoms with Gasteiger partial charge in [0.2, 0.25) is 5.91 Å². The molecule has 0 spiro atoms. The maximum Gasteiger partial charge on any atom is 0.234 e. The molecule has 4 aromatic rings. The average molecular weight is 471 g/mol. The Hall–Kier alpha value is -3.84. The van der Waals surface area contributed by atoms with Crippen molar-refractivity contribution >= 4 is 23.4 Å². The van der Waals surface area contributed by atoms with Crippen LogP contribution in [0.1, 0.15) is 11.1 Å². The number of aryl methyl sites for hydroxylation is 1. The zero-order valence-electron chi connectivity index (χ0n) is 19.0. The molecule has 0 unspecified atom stereocenters. The highest BCUT2D eigenvalue weighted by Gasteiger charge is 2.15. The summed E-state index contributed by atoms with van der Waals surface area (Å²) in [7, 11) is 0. The van der Waals surface area contributed by atoms with Crippen LogP contribution in [0.3, 0.4) is 0 Å². The van der Waals surface area contributed by atoms with Crippen LogP contribution in [-0.4, -0.2) is 26.4 Å². The van der Waals surface area contributed by atoms with E-state index in [1.807, 2.05) is 90.4 Å². The van der Waals surface area contributed by atoms with Gasteiger partial charge in [0.1, 0.15) is 12.4 Å². The molecular formula is C27H26N4O2S. The first-order valence-corrected chi connectivity index (χ1v) is 11.9.